The van der Waals surface area contributed by atoms with Gasteiger partial charge in [-0.05, 0) is 37.1 Å². The van der Waals surface area contributed by atoms with Crippen LogP contribution in [0, 0.1) is 0 Å². The Labute approximate surface area is 151 Å². The van der Waals surface area contributed by atoms with Crippen molar-refractivity contribution in [2.24, 2.45) is 0 Å². The molecule has 1 aliphatic heterocycles. The molecular formula is C18H21N5O3. The monoisotopic (exact) mass is 355 g/mol. The smallest absolute Gasteiger partial charge is 0.320 e. The van der Waals surface area contributed by atoms with Gasteiger partial charge in [0.15, 0.2) is 5.76 Å². The van der Waals surface area contributed by atoms with Gasteiger partial charge in [0.25, 0.3) is 5.91 Å². The molecule has 3 heterocycles. The van der Waals surface area contributed by atoms with Gasteiger partial charge in [-0.25, -0.2) is 9.78 Å². The molecular weight excluding hydrogens is 334 g/mol. The standard InChI is InChI=1S/C18H21N5O3/c24-17(15-2-1-11-26-15)23-9-7-22(8-10-23)14-5-6-16(19-12-14)21-18(25)20-13-3-4-13/h1-2,5-6,11-13H,3-4,7-10H2,(H2,19,20,21,25). The number of hydrogen-bond acceptors (Lipinski definition) is 5. The van der Waals surface area contributed by atoms with Crippen LogP contribution in [-0.4, -0.2) is 54.0 Å². The van der Waals surface area contributed by atoms with Gasteiger partial charge < -0.3 is 19.5 Å². The lowest BCUT2D eigenvalue weighted by Crippen LogP contribution is -2.48. The zero-order valence-corrected chi connectivity index (χ0v) is 14.4. The van der Waals surface area contributed by atoms with Gasteiger partial charge in [-0.2, -0.15) is 0 Å². The highest BCUT2D eigenvalue weighted by atomic mass is 16.3. The third kappa shape index (κ3) is 3.79. The first-order chi connectivity index (χ1) is 12.7. The molecule has 26 heavy (non-hydrogen) atoms. The number of rotatable bonds is 4. The van der Waals surface area contributed by atoms with E-state index < -0.39 is 0 Å². The highest BCUT2D eigenvalue weighted by Gasteiger charge is 2.25. The number of aromatic nitrogens is 1. The minimum atomic E-state index is -0.210. The zero-order chi connectivity index (χ0) is 17.9. The van der Waals surface area contributed by atoms with Crippen molar-refractivity contribution < 1.29 is 14.0 Å². The fourth-order valence-corrected chi connectivity index (χ4v) is 2.94. The minimum Gasteiger partial charge on any atom is -0.459 e. The second-order valence-electron chi connectivity index (χ2n) is 6.53. The molecule has 1 aliphatic carbocycles. The lowest BCUT2D eigenvalue weighted by molar-refractivity contribution is 0.0714. The van der Waals surface area contributed by atoms with E-state index in [0.717, 1.165) is 31.6 Å². The summed E-state index contributed by atoms with van der Waals surface area (Å²) < 4.78 is 5.18. The van der Waals surface area contributed by atoms with E-state index in [0.29, 0.717) is 30.7 Å². The Morgan fingerprint density at radius 1 is 1.12 bits per heavy atom. The number of nitrogens with one attached hydrogen (secondary N) is 2. The maximum Gasteiger partial charge on any atom is 0.320 e. The normalized spacial score (nSPS) is 17.1. The number of pyridine rings is 1. The topological polar surface area (TPSA) is 90.7 Å². The average Bonchev–Trinajstić information content (AvgIpc) is 3.30. The molecule has 1 saturated heterocycles. The van der Waals surface area contributed by atoms with Crippen molar-refractivity contribution in [2.45, 2.75) is 18.9 Å². The van der Waals surface area contributed by atoms with Crippen LogP contribution in [0.15, 0.2) is 41.1 Å². The molecule has 0 bridgehead atoms. The van der Waals surface area contributed by atoms with Crippen LogP contribution in [0.5, 0.6) is 0 Å². The quantitative estimate of drug-likeness (QED) is 0.874. The summed E-state index contributed by atoms with van der Waals surface area (Å²) in [7, 11) is 0. The van der Waals surface area contributed by atoms with Gasteiger partial charge in [0.05, 0.1) is 18.1 Å². The Bertz CT molecular complexity index is 763. The third-order valence-corrected chi connectivity index (χ3v) is 4.57. The van der Waals surface area contributed by atoms with Crippen molar-refractivity contribution in [2.75, 3.05) is 36.4 Å². The van der Waals surface area contributed by atoms with Crippen LogP contribution in [0.3, 0.4) is 0 Å². The number of furan rings is 1. The lowest BCUT2D eigenvalue weighted by Gasteiger charge is -2.35. The van der Waals surface area contributed by atoms with E-state index in [4.69, 9.17) is 4.42 Å². The summed E-state index contributed by atoms with van der Waals surface area (Å²) in [6, 6.07) is 7.23. The zero-order valence-electron chi connectivity index (χ0n) is 14.4. The summed E-state index contributed by atoms with van der Waals surface area (Å²) in [5, 5.41) is 5.60. The summed E-state index contributed by atoms with van der Waals surface area (Å²) in [5.74, 6) is 0.826. The van der Waals surface area contributed by atoms with Crippen molar-refractivity contribution in [3.63, 3.8) is 0 Å². The van der Waals surface area contributed by atoms with E-state index in [1.54, 1.807) is 29.3 Å². The molecule has 2 aromatic heterocycles. The van der Waals surface area contributed by atoms with Crippen LogP contribution in [0.2, 0.25) is 0 Å². The second kappa shape index (κ2) is 7.07. The summed E-state index contributed by atoms with van der Waals surface area (Å²) in [4.78, 5) is 32.3. The molecule has 0 atom stereocenters. The van der Waals surface area contributed by atoms with Crippen LogP contribution in [-0.2, 0) is 0 Å². The highest BCUT2D eigenvalue weighted by Crippen LogP contribution is 2.20. The first-order valence-electron chi connectivity index (χ1n) is 8.80. The number of urea groups is 1. The van der Waals surface area contributed by atoms with Crippen molar-refractivity contribution in [1.29, 1.82) is 0 Å². The number of amides is 3. The maximum atomic E-state index is 12.3. The van der Waals surface area contributed by atoms with Gasteiger partial charge in [-0.1, -0.05) is 0 Å². The predicted octanol–water partition coefficient (Wildman–Crippen LogP) is 1.92. The maximum absolute atomic E-state index is 12.3. The number of hydrogen-bond donors (Lipinski definition) is 2. The van der Waals surface area contributed by atoms with E-state index in [1.165, 1.54) is 6.26 Å². The Balaban J connectivity index is 1.30. The van der Waals surface area contributed by atoms with Gasteiger partial charge in [0, 0.05) is 32.2 Å². The number of nitrogens with zero attached hydrogens (tertiary/aromatic N) is 3. The van der Waals surface area contributed by atoms with E-state index in [2.05, 4.69) is 20.5 Å². The molecule has 3 amide bonds. The van der Waals surface area contributed by atoms with Gasteiger partial charge in [0.1, 0.15) is 5.82 Å². The summed E-state index contributed by atoms with van der Waals surface area (Å²) in [6.07, 6.45) is 5.36. The van der Waals surface area contributed by atoms with Crippen molar-refractivity contribution in [1.82, 2.24) is 15.2 Å². The molecule has 0 aromatic carbocycles. The van der Waals surface area contributed by atoms with E-state index in [1.807, 2.05) is 6.07 Å². The first kappa shape index (κ1) is 16.4. The number of anilines is 2. The van der Waals surface area contributed by atoms with Crippen LogP contribution < -0.4 is 15.5 Å². The minimum absolute atomic E-state index is 0.0750. The highest BCUT2D eigenvalue weighted by molar-refractivity contribution is 5.91. The molecule has 2 aliphatic rings. The molecule has 136 valence electrons. The molecule has 8 heteroatoms. The molecule has 2 aromatic rings. The third-order valence-electron chi connectivity index (χ3n) is 4.57. The summed E-state index contributed by atoms with van der Waals surface area (Å²) >= 11 is 0. The van der Waals surface area contributed by atoms with Crippen LogP contribution in [0.25, 0.3) is 0 Å². The summed E-state index contributed by atoms with van der Waals surface area (Å²) in [6.45, 7) is 2.71. The second-order valence-corrected chi connectivity index (χ2v) is 6.53. The Morgan fingerprint density at radius 3 is 2.54 bits per heavy atom. The number of piperazine rings is 1. The van der Waals surface area contributed by atoms with Gasteiger partial charge in [-0.3, -0.25) is 10.1 Å². The van der Waals surface area contributed by atoms with E-state index in [9.17, 15) is 9.59 Å². The Morgan fingerprint density at radius 2 is 1.92 bits per heavy atom. The molecule has 1 saturated carbocycles. The van der Waals surface area contributed by atoms with E-state index in [-0.39, 0.29) is 11.9 Å². The average molecular weight is 355 g/mol. The Hall–Kier alpha value is -3.03. The Kier molecular flexibility index (Phi) is 4.47. The molecule has 8 nitrogen and oxygen atoms in total. The molecule has 2 fully saturated rings. The van der Waals surface area contributed by atoms with Crippen molar-refractivity contribution in [3.8, 4) is 0 Å². The summed E-state index contributed by atoms with van der Waals surface area (Å²) in [5.41, 5.74) is 0.975. The van der Waals surface area contributed by atoms with Crippen LogP contribution in [0.4, 0.5) is 16.3 Å². The van der Waals surface area contributed by atoms with Gasteiger partial charge in [-0.15, -0.1) is 0 Å². The fourth-order valence-electron chi connectivity index (χ4n) is 2.94. The molecule has 2 N–H and O–H groups in total. The van der Waals surface area contributed by atoms with Crippen LogP contribution in [0.1, 0.15) is 23.4 Å². The number of carbonyl (C=O) groups is 2. The molecule has 0 radical (unpaired) electrons. The molecule has 0 spiro atoms. The molecule has 4 rings (SSSR count). The van der Waals surface area contributed by atoms with E-state index >= 15 is 0 Å². The number of carbonyl (C=O) groups excluding carboxylic acids is 2. The lowest BCUT2D eigenvalue weighted by atomic mass is 10.2. The van der Waals surface area contributed by atoms with Crippen LogP contribution >= 0.6 is 0 Å². The van der Waals surface area contributed by atoms with Crippen molar-refractivity contribution >= 4 is 23.4 Å². The first-order valence-corrected chi connectivity index (χ1v) is 8.80. The molecule has 0 unspecified atom stereocenters. The van der Waals surface area contributed by atoms with Crippen molar-refractivity contribution in [3.05, 3.63) is 42.5 Å². The predicted molar refractivity (Wildman–Crippen MR) is 96.2 cm³/mol. The van der Waals surface area contributed by atoms with Gasteiger partial charge in [0.2, 0.25) is 0 Å². The van der Waals surface area contributed by atoms with Gasteiger partial charge >= 0.3 is 6.03 Å². The largest absolute Gasteiger partial charge is 0.459 e. The SMILES string of the molecule is O=C(Nc1ccc(N2CCN(C(=O)c3ccco3)CC2)cn1)NC1CC1. The fraction of sp³-hybridized carbons (Fsp3) is 0.389.